The Labute approximate surface area is 167 Å². The van der Waals surface area contributed by atoms with Crippen molar-refractivity contribution >= 4 is 17.4 Å². The van der Waals surface area contributed by atoms with Gasteiger partial charge in [0.15, 0.2) is 17.2 Å². The number of methoxy groups -OCH3 is 1. The SMILES string of the molecule is COc1ccc(-c2cc(C(F)(F)F)n3ncc(C(=O)Nc4cc(C)on4)c3n2)cc1. The smallest absolute Gasteiger partial charge is 0.433 e. The van der Waals surface area contributed by atoms with Crippen molar-refractivity contribution in [2.24, 2.45) is 0 Å². The van der Waals surface area contributed by atoms with Gasteiger partial charge in [-0.3, -0.25) is 4.79 Å². The molecule has 4 rings (SSSR count). The van der Waals surface area contributed by atoms with E-state index in [0.717, 1.165) is 12.3 Å². The second kappa shape index (κ2) is 7.17. The lowest BCUT2D eigenvalue weighted by Crippen LogP contribution is -2.16. The molecule has 0 aliphatic carbocycles. The van der Waals surface area contributed by atoms with Crippen LogP contribution in [0.15, 0.2) is 47.1 Å². The normalized spacial score (nSPS) is 11.6. The Morgan fingerprint density at radius 1 is 1.20 bits per heavy atom. The van der Waals surface area contributed by atoms with Crippen molar-refractivity contribution in [2.45, 2.75) is 13.1 Å². The molecule has 11 heteroatoms. The van der Waals surface area contributed by atoms with Gasteiger partial charge >= 0.3 is 6.18 Å². The van der Waals surface area contributed by atoms with Gasteiger partial charge in [-0.25, -0.2) is 9.50 Å². The summed E-state index contributed by atoms with van der Waals surface area (Å²) >= 11 is 0. The fourth-order valence-corrected chi connectivity index (χ4v) is 2.84. The van der Waals surface area contributed by atoms with Crippen LogP contribution >= 0.6 is 0 Å². The van der Waals surface area contributed by atoms with Crippen LogP contribution in [0.5, 0.6) is 5.75 Å². The summed E-state index contributed by atoms with van der Waals surface area (Å²) in [5.74, 6) is 0.414. The summed E-state index contributed by atoms with van der Waals surface area (Å²) in [6.45, 7) is 1.64. The van der Waals surface area contributed by atoms with Crippen molar-refractivity contribution in [1.29, 1.82) is 0 Å². The Bertz CT molecular complexity index is 1230. The van der Waals surface area contributed by atoms with Gasteiger partial charge in [0, 0.05) is 11.6 Å². The predicted molar refractivity (Wildman–Crippen MR) is 99.2 cm³/mol. The van der Waals surface area contributed by atoms with Crippen molar-refractivity contribution in [3.63, 3.8) is 0 Å². The van der Waals surface area contributed by atoms with E-state index >= 15 is 0 Å². The van der Waals surface area contributed by atoms with Crippen LogP contribution in [0, 0.1) is 6.92 Å². The first-order valence-corrected chi connectivity index (χ1v) is 8.61. The van der Waals surface area contributed by atoms with Crippen LogP contribution < -0.4 is 10.1 Å². The number of carbonyl (C=O) groups excluding carboxylic acids is 1. The molecule has 1 N–H and O–H groups in total. The van der Waals surface area contributed by atoms with Gasteiger partial charge in [-0.2, -0.15) is 18.3 Å². The van der Waals surface area contributed by atoms with Crippen LogP contribution in [-0.4, -0.2) is 32.8 Å². The van der Waals surface area contributed by atoms with Crippen molar-refractivity contribution in [1.82, 2.24) is 19.8 Å². The maximum atomic E-state index is 13.7. The number of rotatable bonds is 4. The number of anilines is 1. The second-order valence-corrected chi connectivity index (χ2v) is 6.32. The average Bonchev–Trinajstić information content (AvgIpc) is 3.32. The van der Waals surface area contributed by atoms with Gasteiger partial charge in [0.1, 0.15) is 17.1 Å². The molecule has 0 atom stereocenters. The molecule has 3 heterocycles. The van der Waals surface area contributed by atoms with Crippen LogP contribution in [0.1, 0.15) is 21.8 Å². The number of aromatic nitrogens is 4. The maximum Gasteiger partial charge on any atom is 0.433 e. The Kier molecular flexibility index (Phi) is 4.65. The van der Waals surface area contributed by atoms with E-state index in [1.807, 2.05) is 0 Å². The molecule has 154 valence electrons. The van der Waals surface area contributed by atoms with Gasteiger partial charge < -0.3 is 14.6 Å². The number of aryl methyl sites for hydroxylation is 1. The third-order valence-corrected chi connectivity index (χ3v) is 4.26. The van der Waals surface area contributed by atoms with Crippen LogP contribution in [0.25, 0.3) is 16.9 Å². The zero-order chi connectivity index (χ0) is 21.5. The standard InChI is InChI=1S/C19H14F3N5O3/c1-10-7-16(26-30-10)25-18(28)13-9-23-27-15(19(20,21)22)8-14(24-17(13)27)11-3-5-12(29-2)6-4-11/h3-9H,1-2H3,(H,25,26,28). The fourth-order valence-electron chi connectivity index (χ4n) is 2.84. The lowest BCUT2D eigenvalue weighted by Gasteiger charge is -2.12. The number of nitrogens with one attached hydrogen (secondary N) is 1. The first-order chi connectivity index (χ1) is 14.3. The van der Waals surface area contributed by atoms with Crippen molar-refractivity contribution < 1.29 is 27.2 Å². The third-order valence-electron chi connectivity index (χ3n) is 4.26. The summed E-state index contributed by atoms with van der Waals surface area (Å²) in [4.78, 5) is 16.9. The molecule has 0 unspecified atom stereocenters. The number of ether oxygens (including phenoxy) is 1. The monoisotopic (exact) mass is 417 g/mol. The molecule has 0 saturated heterocycles. The second-order valence-electron chi connectivity index (χ2n) is 6.32. The molecule has 8 nitrogen and oxygen atoms in total. The first-order valence-electron chi connectivity index (χ1n) is 8.61. The number of alkyl halides is 3. The highest BCUT2D eigenvalue weighted by Crippen LogP contribution is 2.33. The third kappa shape index (κ3) is 3.56. The van der Waals surface area contributed by atoms with Crippen molar-refractivity contribution in [3.8, 4) is 17.0 Å². The lowest BCUT2D eigenvalue weighted by molar-refractivity contribution is -0.142. The Balaban J connectivity index is 1.83. The van der Waals surface area contributed by atoms with Gasteiger partial charge in [0.2, 0.25) is 0 Å². The summed E-state index contributed by atoms with van der Waals surface area (Å²) in [6, 6.07) is 8.71. The largest absolute Gasteiger partial charge is 0.497 e. The Morgan fingerprint density at radius 3 is 2.53 bits per heavy atom. The van der Waals surface area contributed by atoms with Crippen LogP contribution in [0.4, 0.5) is 19.0 Å². The number of nitrogens with zero attached hydrogens (tertiary/aromatic N) is 4. The molecule has 1 amide bonds. The van der Waals surface area contributed by atoms with Gasteiger partial charge in [0.05, 0.1) is 19.0 Å². The van der Waals surface area contributed by atoms with E-state index in [0.29, 0.717) is 21.6 Å². The van der Waals surface area contributed by atoms with Crippen LogP contribution in [0.2, 0.25) is 0 Å². The fraction of sp³-hybridized carbons (Fsp3) is 0.158. The van der Waals surface area contributed by atoms with E-state index < -0.39 is 17.8 Å². The van der Waals surface area contributed by atoms with Crippen molar-refractivity contribution in [2.75, 3.05) is 12.4 Å². The highest BCUT2D eigenvalue weighted by atomic mass is 19.4. The van der Waals surface area contributed by atoms with Gasteiger partial charge in [0.25, 0.3) is 5.91 Å². The van der Waals surface area contributed by atoms with Crippen LogP contribution in [-0.2, 0) is 6.18 Å². The van der Waals surface area contributed by atoms with Crippen molar-refractivity contribution in [3.05, 3.63) is 59.6 Å². The Hall–Kier alpha value is -3.89. The van der Waals surface area contributed by atoms with E-state index in [4.69, 9.17) is 9.26 Å². The molecular formula is C19H14F3N5O3. The summed E-state index contributed by atoms with van der Waals surface area (Å²) in [5.41, 5.74) is -0.993. The molecule has 0 aliphatic heterocycles. The molecule has 3 aromatic heterocycles. The zero-order valence-corrected chi connectivity index (χ0v) is 15.7. The minimum absolute atomic E-state index is 0.0318. The minimum Gasteiger partial charge on any atom is -0.497 e. The van der Waals surface area contributed by atoms with Gasteiger partial charge in [-0.1, -0.05) is 5.16 Å². The lowest BCUT2D eigenvalue weighted by atomic mass is 10.1. The number of amides is 1. The molecule has 4 aromatic rings. The number of halogens is 3. The first kappa shape index (κ1) is 19.4. The molecular weight excluding hydrogens is 403 g/mol. The van der Waals surface area contributed by atoms with E-state index in [9.17, 15) is 18.0 Å². The molecule has 0 radical (unpaired) electrons. The Morgan fingerprint density at radius 2 is 1.93 bits per heavy atom. The average molecular weight is 417 g/mol. The molecule has 1 aromatic carbocycles. The van der Waals surface area contributed by atoms with Gasteiger partial charge in [-0.15, -0.1) is 0 Å². The summed E-state index contributed by atoms with van der Waals surface area (Å²) in [5, 5.41) is 9.82. The topological polar surface area (TPSA) is 94.6 Å². The molecule has 0 spiro atoms. The molecule has 0 aliphatic rings. The number of hydrogen-bond acceptors (Lipinski definition) is 6. The van der Waals surface area contributed by atoms with E-state index in [-0.39, 0.29) is 22.7 Å². The zero-order valence-electron chi connectivity index (χ0n) is 15.7. The van der Waals surface area contributed by atoms with E-state index in [2.05, 4.69) is 20.6 Å². The number of carbonyl (C=O) groups is 1. The van der Waals surface area contributed by atoms with Crippen LogP contribution in [0.3, 0.4) is 0 Å². The minimum atomic E-state index is -4.72. The summed E-state index contributed by atoms with van der Waals surface area (Å²) in [7, 11) is 1.48. The maximum absolute atomic E-state index is 13.7. The highest BCUT2D eigenvalue weighted by molar-refractivity contribution is 6.07. The molecule has 0 saturated carbocycles. The molecule has 0 fully saturated rings. The summed E-state index contributed by atoms with van der Waals surface area (Å²) in [6.07, 6.45) is -3.69. The predicted octanol–water partition coefficient (Wildman–Crippen LogP) is 3.97. The number of fused-ring (bicyclic) bond motifs is 1. The molecule has 0 bridgehead atoms. The van der Waals surface area contributed by atoms with E-state index in [1.54, 1.807) is 31.2 Å². The number of benzene rings is 1. The quantitative estimate of drug-likeness (QED) is 0.540. The highest BCUT2D eigenvalue weighted by Gasteiger charge is 2.36. The summed E-state index contributed by atoms with van der Waals surface area (Å²) < 4.78 is 51.5. The van der Waals surface area contributed by atoms with Gasteiger partial charge in [-0.05, 0) is 37.3 Å². The van der Waals surface area contributed by atoms with E-state index in [1.165, 1.54) is 13.2 Å². The number of hydrogen-bond donors (Lipinski definition) is 1. The molecule has 30 heavy (non-hydrogen) atoms.